The van der Waals surface area contributed by atoms with Crippen molar-refractivity contribution in [2.24, 2.45) is 7.05 Å². The third-order valence-corrected chi connectivity index (χ3v) is 6.78. The van der Waals surface area contributed by atoms with Crippen molar-refractivity contribution in [3.63, 3.8) is 0 Å². The van der Waals surface area contributed by atoms with E-state index in [1.165, 1.54) is 0 Å². The van der Waals surface area contributed by atoms with E-state index in [0.29, 0.717) is 32.0 Å². The molecule has 168 valence electrons. The van der Waals surface area contributed by atoms with Crippen molar-refractivity contribution in [2.45, 2.75) is 6.92 Å². The number of morpholine rings is 1. The number of anilines is 2. The molecule has 0 saturated carbocycles. The summed E-state index contributed by atoms with van der Waals surface area (Å²) in [6.45, 7) is 7.80. The van der Waals surface area contributed by atoms with E-state index in [9.17, 15) is 4.79 Å². The largest absolute Gasteiger partial charge is 0.378 e. The fourth-order valence-corrected chi connectivity index (χ4v) is 4.80. The van der Waals surface area contributed by atoms with Gasteiger partial charge in [-0.2, -0.15) is 10.1 Å². The van der Waals surface area contributed by atoms with Gasteiger partial charge in [0.1, 0.15) is 17.2 Å². The molecule has 32 heavy (non-hydrogen) atoms. The highest BCUT2D eigenvalue weighted by Crippen LogP contribution is 2.25. The minimum absolute atomic E-state index is 0.0235. The molecule has 2 saturated heterocycles. The number of piperazine rings is 1. The summed E-state index contributed by atoms with van der Waals surface area (Å²) >= 11 is 1.63. The first-order valence-corrected chi connectivity index (χ1v) is 11.8. The van der Waals surface area contributed by atoms with Crippen molar-refractivity contribution < 1.29 is 9.53 Å². The van der Waals surface area contributed by atoms with Crippen LogP contribution in [0.3, 0.4) is 0 Å². The summed E-state index contributed by atoms with van der Waals surface area (Å²) in [7, 11) is 1.83. The molecule has 3 aromatic heterocycles. The van der Waals surface area contributed by atoms with Gasteiger partial charge < -0.3 is 19.4 Å². The number of rotatable bonds is 4. The van der Waals surface area contributed by atoms with Crippen LogP contribution in [0.25, 0.3) is 10.6 Å². The number of aromatic nitrogens is 4. The number of thiophene rings is 1. The van der Waals surface area contributed by atoms with Gasteiger partial charge in [0.15, 0.2) is 0 Å². The first-order chi connectivity index (χ1) is 15.6. The predicted octanol–water partition coefficient (Wildman–Crippen LogP) is 2.05. The molecule has 3 aromatic rings. The van der Waals surface area contributed by atoms with Crippen LogP contribution in [-0.2, 0) is 11.8 Å². The second-order valence-electron chi connectivity index (χ2n) is 8.06. The molecule has 0 atom stereocenters. The Hall–Kier alpha value is -2.98. The number of aryl methyl sites for hydroxylation is 2. The Balaban J connectivity index is 1.26. The lowest BCUT2D eigenvalue weighted by atomic mass is 10.2. The van der Waals surface area contributed by atoms with Gasteiger partial charge in [0.05, 0.1) is 18.1 Å². The smallest absolute Gasteiger partial charge is 0.272 e. The summed E-state index contributed by atoms with van der Waals surface area (Å²) in [5.41, 5.74) is 2.41. The summed E-state index contributed by atoms with van der Waals surface area (Å²) in [5.74, 6) is 1.71. The fourth-order valence-electron chi connectivity index (χ4n) is 4.12. The van der Waals surface area contributed by atoms with Crippen LogP contribution in [0.5, 0.6) is 0 Å². The summed E-state index contributed by atoms with van der Waals surface area (Å²) in [6, 6.07) is 7.93. The molecule has 0 unspecified atom stereocenters. The SMILES string of the molecule is Cc1cc(N2CCN(C(=O)c3cc(-c4cccs4)nn3C)CC2)nc(N2CCOCC2)n1. The molecule has 2 fully saturated rings. The molecule has 1 amide bonds. The van der Waals surface area contributed by atoms with Gasteiger partial charge >= 0.3 is 0 Å². The number of carbonyl (C=O) groups excluding carboxylic acids is 1. The first kappa shape index (κ1) is 20.9. The van der Waals surface area contributed by atoms with Gasteiger partial charge in [-0.15, -0.1) is 11.3 Å². The second kappa shape index (κ2) is 8.87. The average molecular weight is 454 g/mol. The van der Waals surface area contributed by atoms with Gasteiger partial charge in [-0.3, -0.25) is 9.48 Å². The number of hydrogen-bond acceptors (Lipinski definition) is 8. The first-order valence-electron chi connectivity index (χ1n) is 10.9. The normalized spacial score (nSPS) is 17.1. The third-order valence-electron chi connectivity index (χ3n) is 5.89. The van der Waals surface area contributed by atoms with E-state index in [1.807, 2.05) is 48.5 Å². The molecular formula is C22H27N7O2S. The molecule has 2 aliphatic heterocycles. The van der Waals surface area contributed by atoms with Gasteiger partial charge in [-0.05, 0) is 24.4 Å². The number of ether oxygens (including phenoxy) is 1. The molecule has 2 aliphatic rings. The van der Waals surface area contributed by atoms with Crippen LogP contribution in [0.15, 0.2) is 29.6 Å². The zero-order chi connectivity index (χ0) is 22.1. The van der Waals surface area contributed by atoms with Crippen molar-refractivity contribution in [1.29, 1.82) is 0 Å². The molecule has 9 nitrogen and oxygen atoms in total. The lowest BCUT2D eigenvalue weighted by molar-refractivity contribution is 0.0735. The van der Waals surface area contributed by atoms with E-state index in [2.05, 4.69) is 19.9 Å². The van der Waals surface area contributed by atoms with Crippen molar-refractivity contribution in [3.05, 3.63) is 41.0 Å². The minimum atomic E-state index is 0.0235. The highest BCUT2D eigenvalue weighted by molar-refractivity contribution is 7.13. The molecule has 5 heterocycles. The Morgan fingerprint density at radius 2 is 1.81 bits per heavy atom. The Kier molecular flexibility index (Phi) is 5.79. The Labute approximate surface area is 191 Å². The predicted molar refractivity (Wildman–Crippen MR) is 124 cm³/mol. The molecule has 5 rings (SSSR count). The highest BCUT2D eigenvalue weighted by Gasteiger charge is 2.26. The van der Waals surface area contributed by atoms with E-state index in [4.69, 9.17) is 9.72 Å². The Bertz CT molecular complexity index is 1080. The Morgan fingerprint density at radius 3 is 2.53 bits per heavy atom. The van der Waals surface area contributed by atoms with Gasteiger partial charge in [0.25, 0.3) is 5.91 Å². The van der Waals surface area contributed by atoms with Crippen LogP contribution in [0.1, 0.15) is 16.2 Å². The molecule has 0 aromatic carbocycles. The van der Waals surface area contributed by atoms with Crippen molar-refractivity contribution >= 4 is 29.0 Å². The minimum Gasteiger partial charge on any atom is -0.378 e. The molecule has 0 radical (unpaired) electrons. The van der Waals surface area contributed by atoms with Crippen molar-refractivity contribution in [3.8, 4) is 10.6 Å². The van der Waals surface area contributed by atoms with Gasteiger partial charge in [0, 0.05) is 58.1 Å². The standard InChI is InChI=1S/C22H27N7O2S/c1-16-14-20(24-22(23-16)29-9-11-31-12-10-29)27-5-7-28(8-6-27)21(30)18-15-17(25-26(18)2)19-4-3-13-32-19/h3-4,13-15H,5-12H2,1-2H3. The van der Waals surface area contributed by atoms with E-state index in [-0.39, 0.29) is 5.91 Å². The highest BCUT2D eigenvalue weighted by atomic mass is 32.1. The number of carbonyl (C=O) groups is 1. The summed E-state index contributed by atoms with van der Waals surface area (Å²) in [5, 5.41) is 6.55. The molecule has 10 heteroatoms. The van der Waals surface area contributed by atoms with Crippen LogP contribution >= 0.6 is 11.3 Å². The maximum Gasteiger partial charge on any atom is 0.272 e. The Morgan fingerprint density at radius 1 is 1.03 bits per heavy atom. The lowest BCUT2D eigenvalue weighted by Gasteiger charge is -2.36. The van der Waals surface area contributed by atoms with E-state index < -0.39 is 0 Å². The number of amides is 1. The third kappa shape index (κ3) is 4.20. The van der Waals surface area contributed by atoms with E-state index >= 15 is 0 Å². The lowest BCUT2D eigenvalue weighted by Crippen LogP contribution is -2.49. The summed E-state index contributed by atoms with van der Waals surface area (Å²) in [6.07, 6.45) is 0. The second-order valence-corrected chi connectivity index (χ2v) is 9.01. The number of nitrogens with zero attached hydrogens (tertiary/aromatic N) is 7. The summed E-state index contributed by atoms with van der Waals surface area (Å²) < 4.78 is 7.14. The van der Waals surface area contributed by atoms with Crippen molar-refractivity contribution in [1.82, 2.24) is 24.6 Å². The maximum absolute atomic E-state index is 13.2. The molecule has 0 N–H and O–H groups in total. The van der Waals surface area contributed by atoms with E-state index in [1.54, 1.807) is 16.0 Å². The summed E-state index contributed by atoms with van der Waals surface area (Å²) in [4.78, 5) is 30.0. The molecule has 0 spiro atoms. The molecule has 0 bridgehead atoms. The number of hydrogen-bond donors (Lipinski definition) is 0. The van der Waals surface area contributed by atoms with Crippen molar-refractivity contribution in [2.75, 3.05) is 62.3 Å². The van der Waals surface area contributed by atoms with Gasteiger partial charge in [-0.1, -0.05) is 6.07 Å². The average Bonchev–Trinajstić information content (AvgIpc) is 3.49. The van der Waals surface area contributed by atoms with Gasteiger partial charge in [-0.25, -0.2) is 4.98 Å². The maximum atomic E-state index is 13.2. The zero-order valence-electron chi connectivity index (χ0n) is 18.4. The van der Waals surface area contributed by atoms with Crippen LogP contribution in [-0.4, -0.2) is 83.0 Å². The topological polar surface area (TPSA) is 79.6 Å². The monoisotopic (exact) mass is 453 g/mol. The zero-order valence-corrected chi connectivity index (χ0v) is 19.2. The quantitative estimate of drug-likeness (QED) is 0.598. The fraction of sp³-hybridized carbons (Fsp3) is 0.455. The molecule has 0 aliphatic carbocycles. The van der Waals surface area contributed by atoms with E-state index in [0.717, 1.165) is 54.2 Å². The van der Waals surface area contributed by atoms with Gasteiger partial charge in [0.2, 0.25) is 5.95 Å². The van der Waals surface area contributed by atoms with Crippen LogP contribution < -0.4 is 9.80 Å². The molecular weight excluding hydrogens is 426 g/mol. The van der Waals surface area contributed by atoms with Crippen LogP contribution in [0.4, 0.5) is 11.8 Å². The van der Waals surface area contributed by atoms with Crippen LogP contribution in [0.2, 0.25) is 0 Å². The van der Waals surface area contributed by atoms with Crippen LogP contribution in [0, 0.1) is 6.92 Å².